The molecule has 8 heteroatoms. The number of hydrogen-bond donors (Lipinski definition) is 2. The van der Waals surface area contributed by atoms with Gasteiger partial charge in [-0.25, -0.2) is 5.43 Å². The van der Waals surface area contributed by atoms with E-state index in [1.54, 1.807) is 12.1 Å². The van der Waals surface area contributed by atoms with Gasteiger partial charge in [-0.15, -0.1) is 0 Å². The quantitative estimate of drug-likeness (QED) is 0.331. The molecule has 1 aromatic heterocycles. The van der Waals surface area contributed by atoms with E-state index in [2.05, 4.69) is 15.8 Å². The van der Waals surface area contributed by atoms with Gasteiger partial charge >= 0.3 is 11.8 Å². The molecule has 0 saturated heterocycles. The summed E-state index contributed by atoms with van der Waals surface area (Å²) in [7, 11) is 0. The molecule has 6 nitrogen and oxygen atoms in total. The first-order chi connectivity index (χ1) is 14.9. The van der Waals surface area contributed by atoms with Crippen LogP contribution in [0.1, 0.15) is 22.5 Å². The maximum atomic E-state index is 12.0. The summed E-state index contributed by atoms with van der Waals surface area (Å²) in [6, 6.07) is 17.0. The average Bonchev–Trinajstić information content (AvgIpc) is 3.04. The van der Waals surface area contributed by atoms with E-state index in [-0.39, 0.29) is 0 Å². The number of aromatic nitrogens is 1. The molecule has 0 aliphatic carbocycles. The Morgan fingerprint density at radius 2 is 1.74 bits per heavy atom. The summed E-state index contributed by atoms with van der Waals surface area (Å²) in [5, 5.41) is 7.46. The molecular formula is C23H22Cl2N4O2. The molecule has 0 aliphatic rings. The van der Waals surface area contributed by atoms with Crippen LogP contribution in [-0.4, -0.2) is 29.1 Å². The third-order valence-electron chi connectivity index (χ3n) is 4.75. The Hall–Kier alpha value is -3.09. The maximum Gasteiger partial charge on any atom is 0.329 e. The summed E-state index contributed by atoms with van der Waals surface area (Å²) in [5.74, 6) is -1.54. The van der Waals surface area contributed by atoms with Crippen molar-refractivity contribution in [2.24, 2.45) is 5.10 Å². The van der Waals surface area contributed by atoms with E-state index in [1.807, 2.05) is 60.9 Å². The normalized spacial score (nSPS) is 11.0. The maximum absolute atomic E-state index is 12.0. The van der Waals surface area contributed by atoms with Crippen LogP contribution in [0.5, 0.6) is 0 Å². The van der Waals surface area contributed by atoms with Gasteiger partial charge in [0.25, 0.3) is 0 Å². The molecule has 1 heterocycles. The fraction of sp³-hybridized carbons (Fsp3) is 0.174. The number of carbonyl (C=O) groups is 2. The SMILES string of the molecule is Cc1cc(/C=N\NC(=O)C(=O)NCCc2ccccc2)c(C)n1-c1ccc(Cl)c(Cl)c1. The standard InChI is InChI=1S/C23H22Cl2N4O2/c1-15-12-18(16(2)29(15)19-8-9-20(24)21(25)13-19)14-27-28-23(31)22(30)26-11-10-17-6-4-3-5-7-17/h3-9,12-14H,10-11H2,1-2H3,(H,26,30)(H,28,31)/b27-14-. The predicted molar refractivity (Wildman–Crippen MR) is 124 cm³/mol. The monoisotopic (exact) mass is 456 g/mol. The van der Waals surface area contributed by atoms with E-state index in [1.165, 1.54) is 6.21 Å². The number of rotatable bonds is 6. The van der Waals surface area contributed by atoms with Gasteiger partial charge in [0.15, 0.2) is 0 Å². The Kier molecular flexibility index (Phi) is 7.50. The van der Waals surface area contributed by atoms with Crippen molar-refractivity contribution in [3.05, 3.63) is 87.2 Å². The molecule has 0 bridgehead atoms. The molecule has 0 fully saturated rings. The highest BCUT2D eigenvalue weighted by Crippen LogP contribution is 2.27. The van der Waals surface area contributed by atoms with E-state index in [0.29, 0.717) is 23.0 Å². The van der Waals surface area contributed by atoms with Gasteiger partial charge in [-0.2, -0.15) is 5.10 Å². The molecule has 31 heavy (non-hydrogen) atoms. The zero-order valence-corrected chi connectivity index (χ0v) is 18.7. The van der Waals surface area contributed by atoms with Crippen molar-refractivity contribution in [1.82, 2.24) is 15.3 Å². The minimum atomic E-state index is -0.817. The number of hydrogen-bond acceptors (Lipinski definition) is 3. The summed E-state index contributed by atoms with van der Waals surface area (Å²) in [6.07, 6.45) is 2.15. The number of hydrazone groups is 1. The lowest BCUT2D eigenvalue weighted by Gasteiger charge is -2.10. The van der Waals surface area contributed by atoms with Crippen LogP contribution in [0.15, 0.2) is 59.7 Å². The second-order valence-electron chi connectivity index (χ2n) is 6.95. The van der Waals surface area contributed by atoms with Crippen molar-refractivity contribution in [3.63, 3.8) is 0 Å². The molecule has 0 radical (unpaired) electrons. The lowest BCUT2D eigenvalue weighted by molar-refractivity contribution is -0.139. The summed E-state index contributed by atoms with van der Waals surface area (Å²) >= 11 is 12.1. The summed E-state index contributed by atoms with van der Waals surface area (Å²) in [5.41, 5.74) is 6.87. The molecule has 2 aromatic carbocycles. The third-order valence-corrected chi connectivity index (χ3v) is 5.49. The number of carbonyl (C=O) groups excluding carboxylic acids is 2. The Morgan fingerprint density at radius 1 is 1.00 bits per heavy atom. The first-order valence-corrected chi connectivity index (χ1v) is 10.4. The molecule has 0 aliphatic heterocycles. The van der Waals surface area contributed by atoms with E-state index in [9.17, 15) is 9.59 Å². The molecule has 0 saturated carbocycles. The van der Waals surface area contributed by atoms with Crippen LogP contribution in [0.3, 0.4) is 0 Å². The lowest BCUT2D eigenvalue weighted by atomic mass is 10.1. The zero-order valence-electron chi connectivity index (χ0n) is 17.2. The van der Waals surface area contributed by atoms with E-state index < -0.39 is 11.8 Å². The number of nitrogens with zero attached hydrogens (tertiary/aromatic N) is 2. The fourth-order valence-electron chi connectivity index (χ4n) is 3.20. The molecule has 3 rings (SSSR count). The van der Waals surface area contributed by atoms with Gasteiger partial charge in [0.1, 0.15) is 0 Å². The molecule has 2 N–H and O–H groups in total. The molecule has 2 amide bonds. The summed E-state index contributed by atoms with van der Waals surface area (Å²) in [6.45, 7) is 4.24. The van der Waals surface area contributed by atoms with Gasteiger partial charge in [0.05, 0.1) is 16.3 Å². The Bertz CT molecular complexity index is 1120. The van der Waals surface area contributed by atoms with Crippen LogP contribution in [0, 0.1) is 13.8 Å². The van der Waals surface area contributed by atoms with Gasteiger partial charge in [-0.3, -0.25) is 9.59 Å². The second kappa shape index (κ2) is 10.3. The van der Waals surface area contributed by atoms with Gasteiger partial charge in [0, 0.05) is 29.2 Å². The van der Waals surface area contributed by atoms with E-state index >= 15 is 0 Å². The third kappa shape index (κ3) is 5.75. The van der Waals surface area contributed by atoms with Crippen molar-refractivity contribution < 1.29 is 9.59 Å². The van der Waals surface area contributed by atoms with Crippen LogP contribution >= 0.6 is 23.2 Å². The minimum Gasteiger partial charge on any atom is -0.347 e. The van der Waals surface area contributed by atoms with Crippen LogP contribution in [0.25, 0.3) is 5.69 Å². The highest BCUT2D eigenvalue weighted by Gasteiger charge is 2.13. The number of amides is 2. The van der Waals surface area contributed by atoms with Gasteiger partial charge < -0.3 is 9.88 Å². The number of nitrogens with one attached hydrogen (secondary N) is 2. The average molecular weight is 457 g/mol. The van der Waals surface area contributed by atoms with E-state index in [0.717, 1.165) is 28.2 Å². The van der Waals surface area contributed by atoms with Crippen molar-refractivity contribution >= 4 is 41.2 Å². The molecule has 3 aromatic rings. The molecular weight excluding hydrogens is 435 g/mol. The Morgan fingerprint density at radius 3 is 2.45 bits per heavy atom. The topological polar surface area (TPSA) is 75.5 Å². The molecule has 160 valence electrons. The largest absolute Gasteiger partial charge is 0.347 e. The molecule has 0 spiro atoms. The lowest BCUT2D eigenvalue weighted by Crippen LogP contribution is -2.38. The highest BCUT2D eigenvalue weighted by atomic mass is 35.5. The Balaban J connectivity index is 1.58. The van der Waals surface area contributed by atoms with Crippen LogP contribution < -0.4 is 10.7 Å². The first kappa shape index (κ1) is 22.6. The van der Waals surface area contributed by atoms with Gasteiger partial charge in [-0.05, 0) is 50.1 Å². The molecule has 0 atom stereocenters. The highest BCUT2D eigenvalue weighted by molar-refractivity contribution is 6.42. The van der Waals surface area contributed by atoms with Gasteiger partial charge in [0.2, 0.25) is 0 Å². The number of halogens is 2. The van der Waals surface area contributed by atoms with Crippen molar-refractivity contribution in [3.8, 4) is 5.69 Å². The number of benzene rings is 2. The van der Waals surface area contributed by atoms with Crippen LogP contribution in [-0.2, 0) is 16.0 Å². The second-order valence-corrected chi connectivity index (χ2v) is 7.77. The van der Waals surface area contributed by atoms with Crippen molar-refractivity contribution in [2.45, 2.75) is 20.3 Å². The summed E-state index contributed by atoms with van der Waals surface area (Å²) in [4.78, 5) is 23.9. The van der Waals surface area contributed by atoms with Crippen LogP contribution in [0.4, 0.5) is 0 Å². The smallest absolute Gasteiger partial charge is 0.329 e. The van der Waals surface area contributed by atoms with E-state index in [4.69, 9.17) is 23.2 Å². The van der Waals surface area contributed by atoms with Gasteiger partial charge in [-0.1, -0.05) is 53.5 Å². The van der Waals surface area contributed by atoms with Crippen molar-refractivity contribution in [2.75, 3.05) is 6.54 Å². The minimum absolute atomic E-state index is 0.366. The Labute approximate surface area is 190 Å². The number of aryl methyl sites for hydroxylation is 1. The fourth-order valence-corrected chi connectivity index (χ4v) is 3.49. The zero-order chi connectivity index (χ0) is 22.4. The summed E-state index contributed by atoms with van der Waals surface area (Å²) < 4.78 is 2.00. The predicted octanol–water partition coefficient (Wildman–Crippen LogP) is 4.21. The first-order valence-electron chi connectivity index (χ1n) is 9.66. The molecule has 0 unspecified atom stereocenters. The van der Waals surface area contributed by atoms with Crippen molar-refractivity contribution in [1.29, 1.82) is 0 Å². The van der Waals surface area contributed by atoms with Crippen LogP contribution in [0.2, 0.25) is 10.0 Å².